The van der Waals surface area contributed by atoms with E-state index in [2.05, 4.69) is 41.3 Å². The van der Waals surface area contributed by atoms with Crippen molar-refractivity contribution in [1.29, 1.82) is 0 Å². The molecular formula is C24H33NO2. The normalized spacial score (nSPS) is 24.2. The van der Waals surface area contributed by atoms with Gasteiger partial charge in [-0.25, -0.2) is 0 Å². The van der Waals surface area contributed by atoms with E-state index in [9.17, 15) is 0 Å². The number of piperidine rings is 1. The molecule has 1 saturated heterocycles. The summed E-state index contributed by atoms with van der Waals surface area (Å²) >= 11 is 0. The third kappa shape index (κ3) is 5.03. The number of rotatable bonds is 6. The SMILES string of the molecule is COCC1CCC(Oc2ccc3cc(CN4CCCCC4)ccc3c2)CC1. The first-order valence-corrected chi connectivity index (χ1v) is 10.7. The van der Waals surface area contributed by atoms with Crippen molar-refractivity contribution >= 4 is 10.8 Å². The van der Waals surface area contributed by atoms with Gasteiger partial charge in [0.25, 0.3) is 0 Å². The van der Waals surface area contributed by atoms with E-state index < -0.39 is 0 Å². The van der Waals surface area contributed by atoms with Gasteiger partial charge >= 0.3 is 0 Å². The lowest BCUT2D eigenvalue weighted by Crippen LogP contribution is -2.29. The van der Waals surface area contributed by atoms with Gasteiger partial charge in [-0.05, 0) is 92.1 Å². The van der Waals surface area contributed by atoms with E-state index in [1.165, 1.54) is 61.5 Å². The summed E-state index contributed by atoms with van der Waals surface area (Å²) in [5, 5.41) is 2.60. The molecule has 2 aromatic carbocycles. The fraction of sp³-hybridized carbons (Fsp3) is 0.583. The standard InChI is InChI=1S/C24H33NO2/c1-26-18-19-6-10-23(11-7-19)27-24-12-9-21-15-20(5-8-22(21)16-24)17-25-13-3-2-4-14-25/h5,8-9,12,15-16,19,23H,2-4,6-7,10-11,13-14,17-18H2,1H3. The van der Waals surface area contributed by atoms with Gasteiger partial charge in [0.2, 0.25) is 0 Å². The van der Waals surface area contributed by atoms with Crippen LogP contribution in [0.4, 0.5) is 0 Å². The summed E-state index contributed by atoms with van der Waals surface area (Å²) in [5.74, 6) is 1.73. The third-order valence-corrected chi connectivity index (χ3v) is 6.23. The van der Waals surface area contributed by atoms with Crippen LogP contribution >= 0.6 is 0 Å². The second-order valence-corrected chi connectivity index (χ2v) is 8.40. The fourth-order valence-corrected chi connectivity index (χ4v) is 4.67. The molecule has 0 aromatic heterocycles. The molecule has 1 aliphatic carbocycles. The average molecular weight is 368 g/mol. The molecule has 0 radical (unpaired) electrons. The Balaban J connectivity index is 1.37. The first-order chi connectivity index (χ1) is 13.3. The molecule has 1 aliphatic heterocycles. The summed E-state index contributed by atoms with van der Waals surface area (Å²) in [6, 6.07) is 13.5. The number of methoxy groups -OCH3 is 1. The number of hydrogen-bond acceptors (Lipinski definition) is 3. The predicted octanol–water partition coefficient (Wildman–Crippen LogP) is 5.41. The third-order valence-electron chi connectivity index (χ3n) is 6.23. The first-order valence-electron chi connectivity index (χ1n) is 10.7. The maximum absolute atomic E-state index is 6.29. The lowest BCUT2D eigenvalue weighted by atomic mass is 9.88. The highest BCUT2D eigenvalue weighted by molar-refractivity contribution is 5.84. The Hall–Kier alpha value is -1.58. The molecular weight excluding hydrogens is 334 g/mol. The molecule has 2 fully saturated rings. The highest BCUT2D eigenvalue weighted by Gasteiger charge is 2.22. The average Bonchev–Trinajstić information content (AvgIpc) is 2.71. The van der Waals surface area contributed by atoms with E-state index in [0.717, 1.165) is 31.7 Å². The van der Waals surface area contributed by atoms with Crippen molar-refractivity contribution in [3.63, 3.8) is 0 Å². The maximum atomic E-state index is 6.29. The van der Waals surface area contributed by atoms with Crippen molar-refractivity contribution in [2.45, 2.75) is 57.6 Å². The zero-order valence-corrected chi connectivity index (χ0v) is 16.7. The number of benzene rings is 2. The predicted molar refractivity (Wildman–Crippen MR) is 111 cm³/mol. The molecule has 1 heterocycles. The number of likely N-dealkylation sites (tertiary alicyclic amines) is 1. The smallest absolute Gasteiger partial charge is 0.120 e. The van der Waals surface area contributed by atoms with Crippen molar-refractivity contribution in [2.24, 2.45) is 5.92 Å². The van der Waals surface area contributed by atoms with Gasteiger partial charge in [-0.1, -0.05) is 24.6 Å². The summed E-state index contributed by atoms with van der Waals surface area (Å²) in [7, 11) is 1.80. The van der Waals surface area contributed by atoms with Crippen LogP contribution in [0.25, 0.3) is 10.8 Å². The van der Waals surface area contributed by atoms with Crippen molar-refractivity contribution in [2.75, 3.05) is 26.8 Å². The molecule has 3 heteroatoms. The van der Waals surface area contributed by atoms with Crippen LogP contribution in [0.5, 0.6) is 5.75 Å². The van der Waals surface area contributed by atoms with Crippen molar-refractivity contribution in [3.05, 3.63) is 42.0 Å². The fourth-order valence-electron chi connectivity index (χ4n) is 4.67. The minimum absolute atomic E-state index is 0.355. The Labute approximate surface area is 163 Å². The molecule has 0 bridgehead atoms. The van der Waals surface area contributed by atoms with Gasteiger partial charge < -0.3 is 9.47 Å². The van der Waals surface area contributed by atoms with Crippen LogP contribution < -0.4 is 4.74 Å². The van der Waals surface area contributed by atoms with Gasteiger partial charge in [0.15, 0.2) is 0 Å². The molecule has 27 heavy (non-hydrogen) atoms. The minimum Gasteiger partial charge on any atom is -0.490 e. The van der Waals surface area contributed by atoms with Gasteiger partial charge in [0, 0.05) is 20.3 Å². The summed E-state index contributed by atoms with van der Waals surface area (Å²) in [5.41, 5.74) is 1.43. The number of fused-ring (bicyclic) bond motifs is 1. The minimum atomic E-state index is 0.355. The van der Waals surface area contributed by atoms with Crippen molar-refractivity contribution in [1.82, 2.24) is 4.90 Å². The lowest BCUT2D eigenvalue weighted by Gasteiger charge is -2.28. The molecule has 0 N–H and O–H groups in total. The van der Waals surface area contributed by atoms with Gasteiger partial charge in [0.1, 0.15) is 5.75 Å². The molecule has 2 aliphatic rings. The van der Waals surface area contributed by atoms with E-state index >= 15 is 0 Å². The Bertz CT molecular complexity index is 730. The van der Waals surface area contributed by atoms with Gasteiger partial charge in [-0.2, -0.15) is 0 Å². The molecule has 0 atom stereocenters. The Morgan fingerprint density at radius 1 is 0.889 bits per heavy atom. The molecule has 1 saturated carbocycles. The molecule has 0 unspecified atom stereocenters. The summed E-state index contributed by atoms with van der Waals surface area (Å²) in [6.45, 7) is 4.47. The largest absolute Gasteiger partial charge is 0.490 e. The molecule has 0 spiro atoms. The Morgan fingerprint density at radius 3 is 2.41 bits per heavy atom. The Morgan fingerprint density at radius 2 is 1.63 bits per heavy atom. The van der Waals surface area contributed by atoms with E-state index in [-0.39, 0.29) is 0 Å². The van der Waals surface area contributed by atoms with Crippen LogP contribution in [-0.2, 0) is 11.3 Å². The second-order valence-electron chi connectivity index (χ2n) is 8.40. The van der Waals surface area contributed by atoms with Crippen LogP contribution in [0, 0.1) is 5.92 Å². The van der Waals surface area contributed by atoms with Crippen molar-refractivity contribution in [3.8, 4) is 5.75 Å². The number of nitrogens with zero attached hydrogens (tertiary/aromatic N) is 1. The zero-order valence-electron chi connectivity index (χ0n) is 16.7. The van der Waals surface area contributed by atoms with Crippen molar-refractivity contribution < 1.29 is 9.47 Å². The molecule has 3 nitrogen and oxygen atoms in total. The van der Waals surface area contributed by atoms with Crippen LogP contribution in [-0.4, -0.2) is 37.8 Å². The number of hydrogen-bond donors (Lipinski definition) is 0. The van der Waals surface area contributed by atoms with Crippen LogP contribution in [0.2, 0.25) is 0 Å². The monoisotopic (exact) mass is 367 g/mol. The molecule has 2 aromatic rings. The summed E-state index contributed by atoms with van der Waals surface area (Å²) in [4.78, 5) is 2.59. The van der Waals surface area contributed by atoms with E-state index in [0.29, 0.717) is 12.0 Å². The van der Waals surface area contributed by atoms with Gasteiger partial charge in [0.05, 0.1) is 6.10 Å². The quantitative estimate of drug-likeness (QED) is 0.681. The molecule has 4 rings (SSSR count). The second kappa shape index (κ2) is 9.07. The molecule has 0 amide bonds. The van der Waals surface area contributed by atoms with E-state index in [1.54, 1.807) is 7.11 Å². The van der Waals surface area contributed by atoms with E-state index in [1.807, 2.05) is 0 Å². The van der Waals surface area contributed by atoms with Crippen LogP contribution in [0.1, 0.15) is 50.5 Å². The Kier molecular flexibility index (Phi) is 6.31. The zero-order chi connectivity index (χ0) is 18.5. The van der Waals surface area contributed by atoms with Crippen LogP contribution in [0.3, 0.4) is 0 Å². The van der Waals surface area contributed by atoms with E-state index in [4.69, 9.17) is 9.47 Å². The topological polar surface area (TPSA) is 21.7 Å². The maximum Gasteiger partial charge on any atom is 0.120 e. The highest BCUT2D eigenvalue weighted by atomic mass is 16.5. The lowest BCUT2D eigenvalue weighted by molar-refractivity contribution is 0.0841. The van der Waals surface area contributed by atoms with Gasteiger partial charge in [-0.3, -0.25) is 4.90 Å². The summed E-state index contributed by atoms with van der Waals surface area (Å²) in [6.07, 6.45) is 9.16. The number of ether oxygens (including phenoxy) is 2. The molecule has 146 valence electrons. The van der Waals surface area contributed by atoms with Gasteiger partial charge in [-0.15, -0.1) is 0 Å². The highest BCUT2D eigenvalue weighted by Crippen LogP contribution is 2.29. The van der Waals surface area contributed by atoms with Crippen LogP contribution in [0.15, 0.2) is 36.4 Å². The first kappa shape index (κ1) is 18.8. The summed E-state index contributed by atoms with van der Waals surface area (Å²) < 4.78 is 11.6.